The molecule has 3 fully saturated rings. The van der Waals surface area contributed by atoms with E-state index in [1.807, 2.05) is 48.4 Å². The first-order chi connectivity index (χ1) is 28.4. The van der Waals surface area contributed by atoms with Gasteiger partial charge in [0.25, 0.3) is 0 Å². The van der Waals surface area contributed by atoms with E-state index in [-0.39, 0.29) is 0 Å². The predicted molar refractivity (Wildman–Crippen MR) is 259 cm³/mol. The van der Waals surface area contributed by atoms with Crippen molar-refractivity contribution < 1.29 is 7.60 Å². The van der Waals surface area contributed by atoms with Gasteiger partial charge in [0.2, 0.25) is 5.95 Å². The van der Waals surface area contributed by atoms with Gasteiger partial charge < -0.3 is 28.9 Å². The number of piperazine rings is 2. The number of imidazole rings is 1. The van der Waals surface area contributed by atoms with E-state index in [0.29, 0.717) is 34.3 Å². The molecule has 0 aliphatic carbocycles. The molecule has 5 heterocycles. The summed E-state index contributed by atoms with van der Waals surface area (Å²) < 4.78 is 18.7. The molecule has 4 aliphatic rings. The zero-order valence-corrected chi connectivity index (χ0v) is 40.1. The number of amidine groups is 1. The number of rotatable bonds is 3. The molecule has 58 heavy (non-hydrogen) atoms. The fourth-order valence-electron chi connectivity index (χ4n) is 7.18. The number of halogens is 5. The van der Waals surface area contributed by atoms with Crippen LogP contribution >= 0.6 is 77.6 Å². The number of aryl methyl sites for hydroxylation is 1. The molecule has 9 rings (SSSR count). The summed E-state index contributed by atoms with van der Waals surface area (Å²) in [5.41, 5.74) is 8.01. The number of aromatic nitrogens is 2. The highest BCUT2D eigenvalue weighted by molar-refractivity contribution is 14.1. The van der Waals surface area contributed by atoms with Gasteiger partial charge in [0.15, 0.2) is 23.2 Å². The second kappa shape index (κ2) is 23.3. The van der Waals surface area contributed by atoms with Crippen LogP contribution in [-0.4, -0.2) is 90.8 Å². The Morgan fingerprint density at radius 2 is 1.14 bits per heavy atom. The summed E-state index contributed by atoms with van der Waals surface area (Å²) in [6.45, 7) is 9.75. The zero-order valence-electron chi connectivity index (χ0n) is 32.6. The molecule has 10 nitrogen and oxygen atoms in total. The van der Waals surface area contributed by atoms with Crippen molar-refractivity contribution in [3.05, 3.63) is 111 Å². The number of hydrogen-bond acceptors (Lipinski definition) is 9. The van der Waals surface area contributed by atoms with Crippen molar-refractivity contribution in [3.63, 3.8) is 0 Å². The minimum Gasteiger partial charge on any atom is -0.381 e. The molecule has 0 N–H and O–H groups in total. The summed E-state index contributed by atoms with van der Waals surface area (Å²) in [6.07, 6.45) is 3.39. The summed E-state index contributed by atoms with van der Waals surface area (Å²) in [6, 6.07) is 32.8. The monoisotopic (exact) mass is 1140 g/mol. The number of benzene rings is 4. The normalized spacial score (nSPS) is 15.5. The number of nitrogens with zero attached hydrogens (tertiary/aromatic N) is 9. The minimum atomic E-state index is 0.650. The van der Waals surface area contributed by atoms with Crippen molar-refractivity contribution in [2.75, 3.05) is 85.2 Å². The Bertz CT molecular complexity index is 2180. The Hall–Kier alpha value is -3.49. The van der Waals surface area contributed by atoms with Gasteiger partial charge in [-0.2, -0.15) is 13.4 Å². The Morgan fingerprint density at radius 1 is 0.655 bits per heavy atom. The van der Waals surface area contributed by atoms with Crippen molar-refractivity contribution in [2.24, 2.45) is 12.0 Å². The lowest BCUT2D eigenvalue weighted by atomic mass is 10.1. The number of alkyl halides is 1. The molecule has 0 unspecified atom stereocenters. The van der Waals surface area contributed by atoms with Crippen LogP contribution in [0.4, 0.5) is 25.9 Å². The highest BCUT2D eigenvalue weighted by Crippen LogP contribution is 2.30. The molecule has 4 aliphatic heterocycles. The van der Waals surface area contributed by atoms with Crippen molar-refractivity contribution in [1.82, 2.24) is 14.5 Å². The number of hydrogen-bond donors (Lipinski definition) is 0. The second-order valence-electron chi connectivity index (χ2n) is 13.7. The SMILES string of the molecule is C1CCOC1.CI.Cn1c(N2CCN(c3ccc(Br)cc3)CC2)nc2cc(C#N)ccc21.FI.N#Cc1ccc2c(c1)CC(N1CCN(c3ccc(Br)cc3)CC1)=N2. The van der Waals surface area contributed by atoms with Gasteiger partial charge in [0.1, 0.15) is 5.84 Å². The predicted octanol–water partition coefficient (Wildman–Crippen LogP) is 10.4. The van der Waals surface area contributed by atoms with Crippen molar-refractivity contribution in [2.45, 2.75) is 19.3 Å². The van der Waals surface area contributed by atoms with Crippen molar-refractivity contribution in [3.8, 4) is 12.1 Å². The zero-order chi connectivity index (χ0) is 41.4. The maximum absolute atomic E-state index is 9.47. The summed E-state index contributed by atoms with van der Waals surface area (Å²) in [4.78, 5) is 21.0. The van der Waals surface area contributed by atoms with E-state index in [1.165, 1.54) is 29.8 Å². The largest absolute Gasteiger partial charge is 0.381 e. The van der Waals surface area contributed by atoms with E-state index in [4.69, 9.17) is 25.2 Å². The van der Waals surface area contributed by atoms with Gasteiger partial charge in [-0.15, -0.1) is 0 Å². The molecule has 5 aromatic rings. The second-order valence-corrected chi connectivity index (χ2v) is 15.5. The van der Waals surface area contributed by atoms with Crippen LogP contribution in [0.2, 0.25) is 0 Å². The molecule has 0 bridgehead atoms. The van der Waals surface area contributed by atoms with Crippen LogP contribution in [0.5, 0.6) is 0 Å². The standard InChI is InChI=1S/C19H18BrN5.C19H17BrN4.C4H8O.CH3I.FI/c1-23-18-7-2-14(13-21)12-17(18)22-19(23)25-10-8-24(9-11-25)16-5-3-15(20)4-6-16;20-16-2-4-17(5-3-16)23-7-9-24(10-8-23)19-12-15-11-14(13-21)1-6-18(15)22-19;1-2-4-5-3-1;2*1-2/h2-7,12H,8-11H2,1H3;1-6,11H,7-10,12H2;1-4H2;1H3;. The lowest BCUT2D eigenvalue weighted by Crippen LogP contribution is -2.48. The van der Waals surface area contributed by atoms with Crippen molar-refractivity contribution in [1.29, 1.82) is 10.5 Å². The van der Waals surface area contributed by atoms with Crippen LogP contribution in [-0.2, 0) is 18.2 Å². The topological polar surface area (TPSA) is 99.9 Å². The molecular formula is C43H46Br2FI2N9O. The summed E-state index contributed by atoms with van der Waals surface area (Å²) >= 11 is 9.77. The van der Waals surface area contributed by atoms with Gasteiger partial charge in [-0.1, -0.05) is 54.5 Å². The fourth-order valence-corrected chi connectivity index (χ4v) is 7.71. The van der Waals surface area contributed by atoms with Crippen molar-refractivity contribution >= 4 is 117 Å². The van der Waals surface area contributed by atoms with Crippen LogP contribution in [0.25, 0.3) is 11.0 Å². The molecule has 4 aromatic carbocycles. The van der Waals surface area contributed by atoms with Crippen LogP contribution in [0.3, 0.4) is 0 Å². The third-order valence-electron chi connectivity index (χ3n) is 10.2. The van der Waals surface area contributed by atoms with E-state index in [1.54, 1.807) is 0 Å². The molecule has 304 valence electrons. The Morgan fingerprint density at radius 3 is 1.64 bits per heavy atom. The summed E-state index contributed by atoms with van der Waals surface area (Å²) in [7, 11) is 2.04. The first kappa shape index (κ1) is 45.6. The van der Waals surface area contributed by atoms with E-state index < -0.39 is 0 Å². The average Bonchev–Trinajstić information content (AvgIpc) is 4.08. The third kappa shape index (κ3) is 12.1. The number of aliphatic imine (C=N–C) groups is 1. The average molecular weight is 1140 g/mol. The molecule has 0 spiro atoms. The van der Waals surface area contributed by atoms with Gasteiger partial charge in [-0.05, 0) is 108 Å². The summed E-state index contributed by atoms with van der Waals surface area (Å²) in [5.74, 6) is 2.11. The Kier molecular flexibility index (Phi) is 18.3. The lowest BCUT2D eigenvalue weighted by molar-refractivity contribution is 0.198. The highest BCUT2D eigenvalue weighted by Gasteiger charge is 2.25. The maximum atomic E-state index is 9.47. The third-order valence-corrected chi connectivity index (χ3v) is 11.3. The quantitative estimate of drug-likeness (QED) is 0.130. The van der Waals surface area contributed by atoms with E-state index in [2.05, 4.69) is 139 Å². The molecule has 0 amide bonds. The van der Waals surface area contributed by atoms with Gasteiger partial charge in [-0.25, -0.2) is 9.98 Å². The molecule has 15 heteroatoms. The molecule has 1 aromatic heterocycles. The Balaban J connectivity index is 0.000000183. The minimum absolute atomic E-state index is 0.650. The van der Waals surface area contributed by atoms with E-state index in [9.17, 15) is 2.86 Å². The van der Waals surface area contributed by atoms with Gasteiger partial charge >= 0.3 is 0 Å². The number of ether oxygens (including phenoxy) is 1. The molecule has 0 saturated carbocycles. The number of nitriles is 2. The van der Waals surface area contributed by atoms with Crippen LogP contribution in [0, 0.1) is 22.7 Å². The number of anilines is 3. The Labute approximate surface area is 386 Å². The smallest absolute Gasteiger partial charge is 0.206 e. The first-order valence-corrected chi connectivity index (χ1v) is 23.5. The van der Waals surface area contributed by atoms with Crippen LogP contribution in [0.15, 0.2) is 98.9 Å². The molecule has 0 atom stereocenters. The lowest BCUT2D eigenvalue weighted by Gasteiger charge is -2.37. The van der Waals surface area contributed by atoms with Crippen LogP contribution in [0.1, 0.15) is 29.5 Å². The van der Waals surface area contributed by atoms with E-state index in [0.717, 1.165) is 109 Å². The van der Waals surface area contributed by atoms with E-state index >= 15 is 0 Å². The first-order valence-electron chi connectivity index (χ1n) is 19.0. The fraction of sp³-hybridized carbons (Fsp3) is 0.349. The van der Waals surface area contributed by atoms with Gasteiger partial charge in [-0.3, -0.25) is 0 Å². The highest BCUT2D eigenvalue weighted by atomic mass is 127. The molecule has 0 radical (unpaired) electrons. The van der Waals surface area contributed by atoms with Crippen LogP contribution < -0.4 is 14.7 Å². The maximum Gasteiger partial charge on any atom is 0.206 e. The van der Waals surface area contributed by atoms with Gasteiger partial charge in [0, 0.05) is 99.4 Å². The summed E-state index contributed by atoms with van der Waals surface area (Å²) in [5, 5.41) is 18.1. The van der Waals surface area contributed by atoms with Gasteiger partial charge in [0.05, 0.1) is 40.0 Å². The molecule has 3 saturated heterocycles. The molecular weight excluding hydrogens is 1090 g/mol. The number of fused-ring (bicyclic) bond motifs is 2.